The predicted octanol–water partition coefficient (Wildman–Crippen LogP) is 4.70. The fourth-order valence-electron chi connectivity index (χ4n) is 1.91. The average Bonchev–Trinajstić information content (AvgIpc) is 2.80. The number of rotatable bonds is 5. The van der Waals surface area contributed by atoms with Crippen LogP contribution in [0.3, 0.4) is 0 Å². The zero-order chi connectivity index (χ0) is 15.6. The molecular formula is C14H14Br2N2O2S. The van der Waals surface area contributed by atoms with Crippen molar-refractivity contribution in [2.45, 2.75) is 24.9 Å². The first-order chi connectivity index (χ1) is 9.91. The molecule has 0 unspecified atom stereocenters. The van der Waals surface area contributed by atoms with Crippen LogP contribution in [0, 0.1) is 0 Å². The van der Waals surface area contributed by atoms with Gasteiger partial charge in [0.05, 0.1) is 17.6 Å². The smallest absolute Gasteiger partial charge is 0.313 e. The molecule has 112 valence electrons. The Hall–Kier alpha value is -0.790. The number of hydrogen-bond acceptors (Lipinski definition) is 3. The maximum Gasteiger partial charge on any atom is 0.313 e. The first-order valence-corrected chi connectivity index (χ1v) is 8.85. The van der Waals surface area contributed by atoms with Gasteiger partial charge in [-0.15, -0.1) is 0 Å². The quantitative estimate of drug-likeness (QED) is 0.694. The predicted molar refractivity (Wildman–Crippen MR) is 91.4 cm³/mol. The normalized spacial score (nSPS) is 11.1. The van der Waals surface area contributed by atoms with Crippen LogP contribution < -0.4 is 0 Å². The van der Waals surface area contributed by atoms with Crippen LogP contribution in [0.25, 0.3) is 5.69 Å². The fraction of sp³-hybridized carbons (Fsp3) is 0.286. The van der Waals surface area contributed by atoms with E-state index in [2.05, 4.69) is 50.7 Å². The molecule has 2 rings (SSSR count). The van der Waals surface area contributed by atoms with Crippen molar-refractivity contribution in [3.8, 4) is 5.69 Å². The Morgan fingerprint density at radius 1 is 1.38 bits per heavy atom. The van der Waals surface area contributed by atoms with Gasteiger partial charge in [0.2, 0.25) is 0 Å². The third-order valence-corrected chi connectivity index (χ3v) is 5.05. The van der Waals surface area contributed by atoms with Gasteiger partial charge in [-0.3, -0.25) is 9.36 Å². The molecule has 0 bridgehead atoms. The standard InChI is InChI=1S/C14H14Br2N2O2S/c1-8(2)11-6-17-14(21-7-12(19)20)18(11)13-9(15)4-3-5-10(13)16/h3-6,8H,7H2,1-2H3,(H,19,20). The number of aromatic nitrogens is 2. The number of carboxylic acids is 1. The molecule has 1 N–H and O–H groups in total. The van der Waals surface area contributed by atoms with Crippen LogP contribution in [0.15, 0.2) is 38.5 Å². The Labute approximate surface area is 144 Å². The molecule has 0 aliphatic carbocycles. The van der Waals surface area contributed by atoms with Gasteiger partial charge < -0.3 is 5.11 Å². The van der Waals surface area contributed by atoms with Crippen LogP contribution in [-0.2, 0) is 4.79 Å². The number of para-hydroxylation sites is 1. The minimum absolute atomic E-state index is 0.0172. The van der Waals surface area contributed by atoms with E-state index in [4.69, 9.17) is 5.11 Å². The fourth-order valence-corrected chi connectivity index (χ4v) is 3.97. The van der Waals surface area contributed by atoms with Gasteiger partial charge in [0, 0.05) is 14.6 Å². The summed E-state index contributed by atoms with van der Waals surface area (Å²) in [4.78, 5) is 15.2. The number of thioether (sulfide) groups is 1. The Morgan fingerprint density at radius 2 is 2.00 bits per heavy atom. The van der Waals surface area contributed by atoms with Crippen molar-refractivity contribution >= 4 is 49.6 Å². The second-order valence-electron chi connectivity index (χ2n) is 4.71. The van der Waals surface area contributed by atoms with Crippen molar-refractivity contribution in [2.75, 3.05) is 5.75 Å². The van der Waals surface area contributed by atoms with E-state index in [9.17, 15) is 4.79 Å². The Morgan fingerprint density at radius 3 is 2.52 bits per heavy atom. The summed E-state index contributed by atoms with van der Waals surface area (Å²) in [7, 11) is 0. The summed E-state index contributed by atoms with van der Waals surface area (Å²) in [5.74, 6) is -0.598. The molecule has 1 aromatic heterocycles. The molecule has 1 heterocycles. The van der Waals surface area contributed by atoms with Gasteiger partial charge in [-0.05, 0) is 49.9 Å². The summed E-state index contributed by atoms with van der Waals surface area (Å²) >= 11 is 8.34. The highest BCUT2D eigenvalue weighted by atomic mass is 79.9. The molecular weight excluding hydrogens is 420 g/mol. The number of aliphatic carboxylic acids is 1. The Balaban J connectivity index is 2.58. The third kappa shape index (κ3) is 3.70. The molecule has 0 fully saturated rings. The highest BCUT2D eigenvalue weighted by molar-refractivity contribution is 9.11. The van der Waals surface area contributed by atoms with Crippen LogP contribution in [0.5, 0.6) is 0 Å². The van der Waals surface area contributed by atoms with Crippen LogP contribution >= 0.6 is 43.6 Å². The van der Waals surface area contributed by atoms with E-state index >= 15 is 0 Å². The first kappa shape index (κ1) is 16.6. The van der Waals surface area contributed by atoms with Crippen molar-refractivity contribution in [1.82, 2.24) is 9.55 Å². The zero-order valence-electron chi connectivity index (χ0n) is 11.5. The van der Waals surface area contributed by atoms with Crippen LogP contribution in [0.4, 0.5) is 0 Å². The zero-order valence-corrected chi connectivity index (χ0v) is 15.5. The van der Waals surface area contributed by atoms with Gasteiger partial charge in [0.1, 0.15) is 0 Å². The molecule has 0 spiro atoms. The summed E-state index contributed by atoms with van der Waals surface area (Å²) in [6.07, 6.45) is 1.81. The van der Waals surface area contributed by atoms with Crippen LogP contribution in [0.1, 0.15) is 25.5 Å². The molecule has 0 radical (unpaired) electrons. The lowest BCUT2D eigenvalue weighted by atomic mass is 10.1. The van der Waals surface area contributed by atoms with Crippen molar-refractivity contribution in [3.05, 3.63) is 39.0 Å². The van der Waals surface area contributed by atoms with Crippen molar-refractivity contribution < 1.29 is 9.90 Å². The van der Waals surface area contributed by atoms with Gasteiger partial charge in [-0.25, -0.2) is 4.98 Å². The molecule has 4 nitrogen and oxygen atoms in total. The second-order valence-corrected chi connectivity index (χ2v) is 7.36. The lowest BCUT2D eigenvalue weighted by Gasteiger charge is -2.16. The van der Waals surface area contributed by atoms with Crippen molar-refractivity contribution in [2.24, 2.45) is 0 Å². The SMILES string of the molecule is CC(C)c1cnc(SCC(=O)O)n1-c1c(Br)cccc1Br. The Kier molecular flexibility index (Phi) is 5.51. The van der Waals surface area contributed by atoms with E-state index in [1.807, 2.05) is 22.8 Å². The molecule has 21 heavy (non-hydrogen) atoms. The number of hydrogen-bond donors (Lipinski definition) is 1. The van der Waals surface area contributed by atoms with E-state index in [1.165, 1.54) is 11.8 Å². The molecule has 7 heteroatoms. The lowest BCUT2D eigenvalue weighted by Crippen LogP contribution is -2.07. The van der Waals surface area contributed by atoms with E-state index in [0.717, 1.165) is 20.3 Å². The van der Waals surface area contributed by atoms with Gasteiger partial charge >= 0.3 is 5.97 Å². The Bertz CT molecular complexity index is 651. The summed E-state index contributed by atoms with van der Waals surface area (Å²) in [5, 5.41) is 9.56. The van der Waals surface area contributed by atoms with E-state index < -0.39 is 5.97 Å². The maximum atomic E-state index is 10.8. The highest BCUT2D eigenvalue weighted by Gasteiger charge is 2.19. The monoisotopic (exact) mass is 432 g/mol. The van der Waals surface area contributed by atoms with Gasteiger partial charge in [-0.1, -0.05) is 31.7 Å². The van der Waals surface area contributed by atoms with Crippen molar-refractivity contribution in [1.29, 1.82) is 0 Å². The molecule has 0 saturated carbocycles. The number of carboxylic acid groups (broad SMARTS) is 1. The molecule has 0 aliphatic rings. The van der Waals surface area contributed by atoms with E-state index in [-0.39, 0.29) is 11.7 Å². The average molecular weight is 434 g/mol. The number of carbonyl (C=O) groups is 1. The summed E-state index contributed by atoms with van der Waals surface area (Å²) in [6.45, 7) is 4.17. The van der Waals surface area contributed by atoms with Gasteiger partial charge in [0.15, 0.2) is 5.16 Å². The molecule has 0 aliphatic heterocycles. The number of imidazole rings is 1. The minimum atomic E-state index is -0.855. The lowest BCUT2D eigenvalue weighted by molar-refractivity contribution is -0.133. The second kappa shape index (κ2) is 6.98. The molecule has 2 aromatic rings. The largest absolute Gasteiger partial charge is 0.481 e. The minimum Gasteiger partial charge on any atom is -0.481 e. The molecule has 0 atom stereocenters. The maximum absolute atomic E-state index is 10.8. The van der Waals surface area contributed by atoms with Crippen LogP contribution in [0.2, 0.25) is 0 Å². The third-order valence-electron chi connectivity index (χ3n) is 2.83. The summed E-state index contributed by atoms with van der Waals surface area (Å²) in [5.41, 5.74) is 1.97. The highest BCUT2D eigenvalue weighted by Crippen LogP contribution is 2.35. The number of halogens is 2. The summed E-state index contributed by atoms with van der Waals surface area (Å²) in [6, 6.07) is 5.85. The first-order valence-electron chi connectivity index (χ1n) is 6.28. The van der Waals surface area contributed by atoms with Crippen LogP contribution in [-0.4, -0.2) is 26.4 Å². The molecule has 0 amide bonds. The van der Waals surface area contributed by atoms with Gasteiger partial charge in [0.25, 0.3) is 0 Å². The van der Waals surface area contributed by atoms with E-state index in [0.29, 0.717) is 5.16 Å². The van der Waals surface area contributed by atoms with E-state index in [1.54, 1.807) is 6.20 Å². The molecule has 0 saturated heterocycles. The number of nitrogens with zero attached hydrogens (tertiary/aromatic N) is 2. The molecule has 1 aromatic carbocycles. The topological polar surface area (TPSA) is 55.1 Å². The number of benzene rings is 1. The summed E-state index contributed by atoms with van der Waals surface area (Å²) < 4.78 is 3.86. The van der Waals surface area contributed by atoms with Crippen molar-refractivity contribution in [3.63, 3.8) is 0 Å². The van der Waals surface area contributed by atoms with Gasteiger partial charge in [-0.2, -0.15) is 0 Å².